The Morgan fingerprint density at radius 2 is 2.04 bits per heavy atom. The van der Waals surface area contributed by atoms with Crippen LogP contribution in [-0.4, -0.2) is 56.7 Å². The van der Waals surface area contributed by atoms with Crippen LogP contribution in [-0.2, 0) is 13.1 Å². The van der Waals surface area contributed by atoms with Gasteiger partial charge in [0.05, 0.1) is 0 Å². The maximum Gasteiger partial charge on any atom is 0.136 e. The van der Waals surface area contributed by atoms with Gasteiger partial charge in [0.15, 0.2) is 0 Å². The van der Waals surface area contributed by atoms with Crippen molar-refractivity contribution in [2.75, 3.05) is 26.2 Å². The lowest BCUT2D eigenvalue weighted by atomic mass is 10.1. The van der Waals surface area contributed by atoms with E-state index in [0.717, 1.165) is 45.0 Å². The van der Waals surface area contributed by atoms with Crippen molar-refractivity contribution in [3.8, 4) is 5.82 Å². The molecule has 3 aromatic rings. The Kier molecular flexibility index (Phi) is 5.99. The van der Waals surface area contributed by atoms with Crippen LogP contribution in [0, 0.1) is 0 Å². The number of hydrogen-bond donors (Lipinski definition) is 1. The van der Waals surface area contributed by atoms with Crippen LogP contribution in [0.25, 0.3) is 5.82 Å². The van der Waals surface area contributed by atoms with E-state index in [2.05, 4.69) is 55.2 Å². The minimum atomic E-state index is 0.240. The molecule has 1 atom stereocenters. The van der Waals surface area contributed by atoms with Gasteiger partial charge >= 0.3 is 0 Å². The third-order valence-electron chi connectivity index (χ3n) is 5.21. The molecule has 1 aliphatic heterocycles. The molecule has 0 radical (unpaired) electrons. The molecule has 4 heterocycles. The molecule has 1 fully saturated rings. The van der Waals surface area contributed by atoms with Gasteiger partial charge in [0.1, 0.15) is 5.82 Å². The molecule has 1 unspecified atom stereocenters. The number of aliphatic hydroxyl groups excluding tert-OH is 1. The van der Waals surface area contributed by atoms with Crippen LogP contribution >= 0.6 is 11.3 Å². The fourth-order valence-corrected chi connectivity index (χ4v) is 4.56. The molecule has 4 rings (SSSR count). The predicted molar refractivity (Wildman–Crippen MR) is 109 cm³/mol. The summed E-state index contributed by atoms with van der Waals surface area (Å²) in [6.07, 6.45) is 4.73. The molecule has 0 amide bonds. The van der Waals surface area contributed by atoms with E-state index in [1.54, 1.807) is 0 Å². The highest BCUT2D eigenvalue weighted by Gasteiger charge is 2.27. The Balaban J connectivity index is 1.43. The molecule has 27 heavy (non-hydrogen) atoms. The summed E-state index contributed by atoms with van der Waals surface area (Å²) in [7, 11) is 0. The monoisotopic (exact) mass is 382 g/mol. The van der Waals surface area contributed by atoms with Gasteiger partial charge in [0.25, 0.3) is 0 Å². The normalized spacial score (nSPS) is 18.8. The third kappa shape index (κ3) is 4.47. The molecule has 6 heteroatoms. The lowest BCUT2D eigenvalue weighted by molar-refractivity contribution is 0.0498. The number of thiophene rings is 1. The van der Waals surface area contributed by atoms with Gasteiger partial charge in [-0.05, 0) is 42.1 Å². The molecule has 0 aromatic carbocycles. The zero-order valence-electron chi connectivity index (χ0n) is 15.4. The van der Waals surface area contributed by atoms with E-state index in [1.165, 1.54) is 10.6 Å². The van der Waals surface area contributed by atoms with Crippen molar-refractivity contribution >= 4 is 11.3 Å². The van der Waals surface area contributed by atoms with Crippen LogP contribution < -0.4 is 0 Å². The molecule has 3 aromatic heterocycles. The third-order valence-corrected chi connectivity index (χ3v) is 6.07. The summed E-state index contributed by atoms with van der Waals surface area (Å²) in [5.41, 5.74) is 1.25. The molecule has 1 aliphatic rings. The summed E-state index contributed by atoms with van der Waals surface area (Å²) >= 11 is 1.81. The second-order valence-corrected chi connectivity index (χ2v) is 8.04. The molecule has 5 nitrogen and oxygen atoms in total. The smallest absolute Gasteiger partial charge is 0.136 e. The van der Waals surface area contributed by atoms with Crippen LogP contribution in [0.1, 0.15) is 17.0 Å². The van der Waals surface area contributed by atoms with Gasteiger partial charge in [-0.15, -0.1) is 11.3 Å². The standard InChI is InChI=1S/C21H26N4OS/c26-13-8-18-15-23(11-12-24(18)17-20-6-4-14-27-20)16-19-5-3-10-25(19)21-7-1-2-9-22-21/h1-7,9-10,14,18,26H,8,11-13,15-17H2. The number of aliphatic hydroxyl groups is 1. The van der Waals surface area contributed by atoms with Gasteiger partial charge in [-0.2, -0.15) is 0 Å². The van der Waals surface area contributed by atoms with Gasteiger partial charge in [-0.25, -0.2) is 4.98 Å². The molecule has 1 N–H and O–H groups in total. The SMILES string of the molecule is OCCC1CN(Cc2cccn2-c2ccccn2)CCN1Cc1cccs1. The number of nitrogens with zero attached hydrogens (tertiary/aromatic N) is 4. The first-order valence-corrected chi connectivity index (χ1v) is 10.4. The van der Waals surface area contributed by atoms with Crippen molar-refractivity contribution < 1.29 is 5.11 Å². The first kappa shape index (κ1) is 18.4. The summed E-state index contributed by atoms with van der Waals surface area (Å²) < 4.78 is 2.17. The summed E-state index contributed by atoms with van der Waals surface area (Å²) in [5, 5.41) is 11.7. The van der Waals surface area contributed by atoms with E-state index >= 15 is 0 Å². The van der Waals surface area contributed by atoms with Gasteiger partial charge in [-0.1, -0.05) is 12.1 Å². The molecule has 1 saturated heterocycles. The summed E-state index contributed by atoms with van der Waals surface area (Å²) in [4.78, 5) is 10.9. The number of aromatic nitrogens is 2. The fourth-order valence-electron chi connectivity index (χ4n) is 3.83. The van der Waals surface area contributed by atoms with E-state index in [4.69, 9.17) is 0 Å². The number of piperazine rings is 1. The minimum Gasteiger partial charge on any atom is -0.396 e. The lowest BCUT2D eigenvalue weighted by Gasteiger charge is -2.41. The highest BCUT2D eigenvalue weighted by atomic mass is 32.1. The van der Waals surface area contributed by atoms with Crippen molar-refractivity contribution in [1.29, 1.82) is 0 Å². The molecule has 142 valence electrons. The zero-order valence-corrected chi connectivity index (χ0v) is 16.3. The Labute approximate surface area is 164 Å². The zero-order chi connectivity index (χ0) is 18.5. The predicted octanol–water partition coefficient (Wildman–Crippen LogP) is 3.00. The van der Waals surface area contributed by atoms with Crippen LogP contribution in [0.15, 0.2) is 60.2 Å². The Hall–Kier alpha value is -1.99. The maximum atomic E-state index is 9.54. The summed E-state index contributed by atoms with van der Waals surface area (Å²) in [6, 6.07) is 15.0. The molecular weight excluding hydrogens is 356 g/mol. The van der Waals surface area contributed by atoms with Crippen molar-refractivity contribution in [3.63, 3.8) is 0 Å². The largest absolute Gasteiger partial charge is 0.396 e. The maximum absolute atomic E-state index is 9.54. The van der Waals surface area contributed by atoms with Gasteiger partial charge in [-0.3, -0.25) is 9.80 Å². The van der Waals surface area contributed by atoms with Gasteiger partial charge in [0.2, 0.25) is 0 Å². The second kappa shape index (κ2) is 8.80. The van der Waals surface area contributed by atoms with Crippen molar-refractivity contribution in [2.45, 2.75) is 25.6 Å². The first-order valence-electron chi connectivity index (χ1n) is 9.51. The molecule has 0 aliphatic carbocycles. The molecular formula is C21H26N4OS. The van der Waals surface area contributed by atoms with E-state index in [-0.39, 0.29) is 6.61 Å². The molecule has 0 spiro atoms. The van der Waals surface area contributed by atoms with E-state index in [0.29, 0.717) is 6.04 Å². The van der Waals surface area contributed by atoms with Crippen molar-refractivity contribution in [2.24, 2.45) is 0 Å². The average Bonchev–Trinajstić information content (AvgIpc) is 3.37. The first-order chi connectivity index (χ1) is 13.3. The highest BCUT2D eigenvalue weighted by Crippen LogP contribution is 2.21. The lowest BCUT2D eigenvalue weighted by Crippen LogP contribution is -2.52. The van der Waals surface area contributed by atoms with Gasteiger partial charge in [0, 0.05) is 68.3 Å². The van der Waals surface area contributed by atoms with Crippen LogP contribution in [0.3, 0.4) is 0 Å². The van der Waals surface area contributed by atoms with Crippen molar-refractivity contribution in [3.05, 3.63) is 70.8 Å². The fraction of sp³-hybridized carbons (Fsp3) is 0.381. The average molecular weight is 383 g/mol. The van der Waals surface area contributed by atoms with Crippen LogP contribution in [0.5, 0.6) is 0 Å². The number of hydrogen-bond acceptors (Lipinski definition) is 5. The van der Waals surface area contributed by atoms with E-state index in [9.17, 15) is 5.11 Å². The topological polar surface area (TPSA) is 44.5 Å². The number of rotatable bonds is 7. The van der Waals surface area contributed by atoms with Crippen LogP contribution in [0.2, 0.25) is 0 Å². The van der Waals surface area contributed by atoms with E-state index in [1.807, 2.05) is 35.7 Å². The number of pyridine rings is 1. The summed E-state index contributed by atoms with van der Waals surface area (Å²) in [5.74, 6) is 0.959. The Morgan fingerprint density at radius 3 is 2.81 bits per heavy atom. The highest BCUT2D eigenvalue weighted by molar-refractivity contribution is 7.09. The minimum absolute atomic E-state index is 0.240. The quantitative estimate of drug-likeness (QED) is 0.682. The van der Waals surface area contributed by atoms with Crippen molar-refractivity contribution in [1.82, 2.24) is 19.4 Å². The van der Waals surface area contributed by atoms with Gasteiger partial charge < -0.3 is 9.67 Å². The summed E-state index contributed by atoms with van der Waals surface area (Å²) in [6.45, 7) is 5.19. The Bertz CT molecular complexity index is 818. The van der Waals surface area contributed by atoms with E-state index < -0.39 is 0 Å². The molecule has 0 bridgehead atoms. The molecule has 0 saturated carbocycles. The Morgan fingerprint density at radius 1 is 1.07 bits per heavy atom. The second-order valence-electron chi connectivity index (χ2n) is 7.01. The van der Waals surface area contributed by atoms with Crippen LogP contribution in [0.4, 0.5) is 0 Å².